The van der Waals surface area contributed by atoms with E-state index in [9.17, 15) is 22.8 Å². The SMILES string of the molecule is O=C(OCCCn1c(=O)oc2ccccc21)c1ccc(OCC(F)(F)F)nc1. The van der Waals surface area contributed by atoms with E-state index in [2.05, 4.69) is 9.72 Å². The molecule has 0 aliphatic carbocycles. The van der Waals surface area contributed by atoms with Crippen LogP contribution in [0.15, 0.2) is 51.8 Å². The molecule has 1 aromatic carbocycles. The van der Waals surface area contributed by atoms with Crippen LogP contribution in [0.4, 0.5) is 13.2 Å². The lowest BCUT2D eigenvalue weighted by Gasteiger charge is -2.09. The third-order valence-corrected chi connectivity index (χ3v) is 3.69. The smallest absolute Gasteiger partial charge is 0.422 e. The number of carbonyl (C=O) groups excluding carboxylic acids is 1. The van der Waals surface area contributed by atoms with Crippen LogP contribution in [0, 0.1) is 0 Å². The van der Waals surface area contributed by atoms with Crippen molar-refractivity contribution in [1.82, 2.24) is 9.55 Å². The Balaban J connectivity index is 1.49. The highest BCUT2D eigenvalue weighted by Crippen LogP contribution is 2.17. The molecule has 0 aliphatic heterocycles. The number of para-hydroxylation sites is 2. The molecule has 28 heavy (non-hydrogen) atoms. The average Bonchev–Trinajstić information content (AvgIpc) is 2.98. The molecular formula is C18H15F3N2O5. The fourth-order valence-electron chi connectivity index (χ4n) is 2.44. The van der Waals surface area contributed by atoms with Crippen LogP contribution >= 0.6 is 0 Å². The van der Waals surface area contributed by atoms with E-state index in [0.29, 0.717) is 24.1 Å². The van der Waals surface area contributed by atoms with Crippen molar-refractivity contribution < 1.29 is 31.9 Å². The fraction of sp³-hybridized carbons (Fsp3) is 0.278. The van der Waals surface area contributed by atoms with Crippen LogP contribution in [0.1, 0.15) is 16.8 Å². The molecule has 0 radical (unpaired) electrons. The molecule has 0 fully saturated rings. The maximum absolute atomic E-state index is 12.1. The topological polar surface area (TPSA) is 83.6 Å². The minimum atomic E-state index is -4.47. The summed E-state index contributed by atoms with van der Waals surface area (Å²) in [6.45, 7) is -1.13. The Bertz CT molecular complexity index is 1010. The minimum Gasteiger partial charge on any atom is -0.468 e. The molecule has 0 N–H and O–H groups in total. The highest BCUT2D eigenvalue weighted by Gasteiger charge is 2.28. The van der Waals surface area contributed by atoms with Gasteiger partial charge in [-0.25, -0.2) is 14.6 Å². The van der Waals surface area contributed by atoms with Crippen molar-refractivity contribution in [2.45, 2.75) is 19.1 Å². The van der Waals surface area contributed by atoms with Crippen LogP contribution in [0.3, 0.4) is 0 Å². The van der Waals surface area contributed by atoms with Gasteiger partial charge in [0.15, 0.2) is 12.2 Å². The fourth-order valence-corrected chi connectivity index (χ4v) is 2.44. The first-order chi connectivity index (χ1) is 13.3. The predicted octanol–water partition coefficient (Wildman–Crippen LogP) is 3.18. The van der Waals surface area contributed by atoms with Crippen molar-refractivity contribution in [2.24, 2.45) is 0 Å². The molecule has 0 saturated heterocycles. The second kappa shape index (κ2) is 8.15. The van der Waals surface area contributed by atoms with Gasteiger partial charge in [-0.1, -0.05) is 12.1 Å². The number of ether oxygens (including phenoxy) is 2. The summed E-state index contributed by atoms with van der Waals surface area (Å²) in [4.78, 5) is 27.4. The number of nitrogens with zero attached hydrogens (tertiary/aromatic N) is 2. The van der Waals surface area contributed by atoms with Gasteiger partial charge in [-0.15, -0.1) is 0 Å². The maximum Gasteiger partial charge on any atom is 0.422 e. The van der Waals surface area contributed by atoms with Gasteiger partial charge in [-0.05, 0) is 24.6 Å². The maximum atomic E-state index is 12.1. The molecule has 0 amide bonds. The van der Waals surface area contributed by atoms with Crippen LogP contribution < -0.4 is 10.5 Å². The molecule has 2 aromatic heterocycles. The van der Waals surface area contributed by atoms with Crippen LogP contribution in [-0.2, 0) is 11.3 Å². The Morgan fingerprint density at radius 3 is 2.68 bits per heavy atom. The summed E-state index contributed by atoms with van der Waals surface area (Å²) in [7, 11) is 0. The number of halogens is 3. The molecule has 7 nitrogen and oxygen atoms in total. The van der Waals surface area contributed by atoms with E-state index in [0.717, 1.165) is 12.3 Å². The minimum absolute atomic E-state index is 0.0388. The zero-order valence-corrected chi connectivity index (χ0v) is 14.4. The lowest BCUT2D eigenvalue weighted by atomic mass is 10.3. The molecule has 2 heterocycles. The molecular weight excluding hydrogens is 381 g/mol. The van der Waals surface area contributed by atoms with Crippen molar-refractivity contribution in [3.8, 4) is 5.88 Å². The number of carbonyl (C=O) groups is 1. The highest BCUT2D eigenvalue weighted by molar-refractivity contribution is 5.89. The first kappa shape index (κ1) is 19.5. The van der Waals surface area contributed by atoms with Gasteiger partial charge >= 0.3 is 17.9 Å². The zero-order chi connectivity index (χ0) is 20.1. The van der Waals surface area contributed by atoms with E-state index in [4.69, 9.17) is 9.15 Å². The first-order valence-electron chi connectivity index (χ1n) is 8.24. The Morgan fingerprint density at radius 1 is 1.18 bits per heavy atom. The standard InChI is InChI=1S/C18H15F3N2O5/c19-18(20,21)11-27-15-7-6-12(10-22-15)16(24)26-9-3-8-23-13-4-1-2-5-14(13)28-17(23)25/h1-2,4-7,10H,3,8-9,11H2. The Hall–Kier alpha value is -3.30. The summed E-state index contributed by atoms with van der Waals surface area (Å²) in [5.41, 5.74) is 1.20. The van der Waals surface area contributed by atoms with Crippen molar-refractivity contribution in [3.63, 3.8) is 0 Å². The van der Waals surface area contributed by atoms with Gasteiger partial charge in [0.05, 0.1) is 17.7 Å². The van der Waals surface area contributed by atoms with Gasteiger partial charge in [0, 0.05) is 18.8 Å². The second-order valence-corrected chi connectivity index (χ2v) is 5.77. The van der Waals surface area contributed by atoms with Gasteiger partial charge in [0.1, 0.15) is 0 Å². The van der Waals surface area contributed by atoms with Crippen LogP contribution in [0.25, 0.3) is 11.1 Å². The lowest BCUT2D eigenvalue weighted by molar-refractivity contribution is -0.154. The number of benzene rings is 1. The first-order valence-corrected chi connectivity index (χ1v) is 8.24. The molecule has 0 atom stereocenters. The van der Waals surface area contributed by atoms with E-state index in [1.165, 1.54) is 10.6 Å². The van der Waals surface area contributed by atoms with Gasteiger partial charge in [-0.2, -0.15) is 13.2 Å². The Labute approximate surface area is 156 Å². The summed E-state index contributed by atoms with van der Waals surface area (Å²) in [6.07, 6.45) is -3.03. The molecule has 0 spiro atoms. The number of pyridine rings is 1. The van der Waals surface area contributed by atoms with Gasteiger partial charge in [0.25, 0.3) is 0 Å². The number of fused-ring (bicyclic) bond motifs is 1. The quantitative estimate of drug-likeness (QED) is 0.451. The molecule has 0 bridgehead atoms. The number of alkyl halides is 3. The largest absolute Gasteiger partial charge is 0.468 e. The van der Waals surface area contributed by atoms with E-state index in [-0.39, 0.29) is 18.1 Å². The van der Waals surface area contributed by atoms with Crippen molar-refractivity contribution >= 4 is 17.1 Å². The number of aromatic nitrogens is 2. The average molecular weight is 396 g/mol. The van der Waals surface area contributed by atoms with E-state index in [1.807, 2.05) is 0 Å². The molecule has 3 rings (SSSR count). The predicted molar refractivity (Wildman–Crippen MR) is 91.2 cm³/mol. The van der Waals surface area contributed by atoms with E-state index < -0.39 is 24.5 Å². The number of aryl methyl sites for hydroxylation is 1. The van der Waals surface area contributed by atoms with Gasteiger partial charge in [0.2, 0.25) is 5.88 Å². The molecule has 0 saturated carbocycles. The summed E-state index contributed by atoms with van der Waals surface area (Å²) < 4.78 is 52.3. The second-order valence-electron chi connectivity index (χ2n) is 5.77. The third kappa shape index (κ3) is 4.90. The summed E-state index contributed by atoms with van der Waals surface area (Å²) in [6, 6.07) is 9.38. The number of esters is 1. The zero-order valence-electron chi connectivity index (χ0n) is 14.4. The highest BCUT2D eigenvalue weighted by atomic mass is 19.4. The Morgan fingerprint density at radius 2 is 1.96 bits per heavy atom. The van der Waals surface area contributed by atoms with E-state index in [1.54, 1.807) is 24.3 Å². The molecule has 148 valence electrons. The summed E-state index contributed by atoms with van der Waals surface area (Å²) >= 11 is 0. The Kier molecular flexibility index (Phi) is 5.67. The number of hydrogen-bond donors (Lipinski definition) is 0. The molecule has 3 aromatic rings. The number of rotatable bonds is 7. The number of oxazole rings is 1. The van der Waals surface area contributed by atoms with Crippen LogP contribution in [-0.4, -0.2) is 34.9 Å². The van der Waals surface area contributed by atoms with Gasteiger partial charge in [-0.3, -0.25) is 4.57 Å². The van der Waals surface area contributed by atoms with Crippen LogP contribution in [0.5, 0.6) is 5.88 Å². The number of hydrogen-bond acceptors (Lipinski definition) is 6. The van der Waals surface area contributed by atoms with Crippen molar-refractivity contribution in [2.75, 3.05) is 13.2 Å². The molecule has 0 unspecified atom stereocenters. The molecule has 10 heteroatoms. The monoisotopic (exact) mass is 396 g/mol. The lowest BCUT2D eigenvalue weighted by Crippen LogP contribution is -2.19. The van der Waals surface area contributed by atoms with Crippen LogP contribution in [0.2, 0.25) is 0 Å². The normalized spacial score (nSPS) is 11.5. The molecule has 0 aliphatic rings. The van der Waals surface area contributed by atoms with Crippen molar-refractivity contribution in [3.05, 3.63) is 58.7 Å². The summed E-state index contributed by atoms with van der Waals surface area (Å²) in [5, 5.41) is 0. The van der Waals surface area contributed by atoms with Crippen molar-refractivity contribution in [1.29, 1.82) is 0 Å². The van der Waals surface area contributed by atoms with E-state index >= 15 is 0 Å². The van der Waals surface area contributed by atoms with Gasteiger partial charge < -0.3 is 13.9 Å². The third-order valence-electron chi connectivity index (χ3n) is 3.69. The summed E-state index contributed by atoms with van der Waals surface area (Å²) in [5.74, 6) is -1.43.